The Kier molecular flexibility index (Phi) is 6.34. The molecule has 0 fully saturated rings. The standard InChI is InChI=1S/C22H17Cl2NO3/c1-14(26)18-11-16(23)12-19(24)22(18)28-13-21(27)25-20-10-6-5-9-17(20)15-7-3-2-4-8-15/h2-12H,13H2,1H3,(H,25,27). The van der Waals surface area contributed by atoms with Gasteiger partial charge in [-0.2, -0.15) is 0 Å². The van der Waals surface area contributed by atoms with Crippen LogP contribution in [0.5, 0.6) is 5.75 Å². The van der Waals surface area contributed by atoms with Crippen LogP contribution in [-0.4, -0.2) is 18.3 Å². The Hall–Kier alpha value is -2.82. The molecule has 0 aromatic heterocycles. The summed E-state index contributed by atoms with van der Waals surface area (Å²) in [5.74, 6) is -0.483. The smallest absolute Gasteiger partial charge is 0.262 e. The van der Waals surface area contributed by atoms with Gasteiger partial charge in [0.15, 0.2) is 12.4 Å². The van der Waals surface area contributed by atoms with Crippen molar-refractivity contribution in [1.29, 1.82) is 0 Å². The predicted octanol–water partition coefficient (Wildman–Crippen LogP) is 5.88. The van der Waals surface area contributed by atoms with E-state index in [1.807, 2.05) is 54.6 Å². The van der Waals surface area contributed by atoms with Crippen molar-refractivity contribution in [2.24, 2.45) is 0 Å². The van der Waals surface area contributed by atoms with Crippen LogP contribution in [0.15, 0.2) is 66.7 Å². The molecule has 0 saturated heterocycles. The summed E-state index contributed by atoms with van der Waals surface area (Å²) >= 11 is 12.1. The molecule has 0 aliphatic carbocycles. The third-order valence-electron chi connectivity index (χ3n) is 4.02. The predicted molar refractivity (Wildman–Crippen MR) is 112 cm³/mol. The SMILES string of the molecule is CC(=O)c1cc(Cl)cc(Cl)c1OCC(=O)Nc1ccccc1-c1ccccc1. The number of hydrogen-bond acceptors (Lipinski definition) is 3. The molecule has 3 aromatic rings. The molecule has 0 radical (unpaired) electrons. The van der Waals surface area contributed by atoms with E-state index in [1.165, 1.54) is 19.1 Å². The Bertz CT molecular complexity index is 1020. The minimum absolute atomic E-state index is 0.144. The molecule has 0 saturated carbocycles. The van der Waals surface area contributed by atoms with E-state index in [4.69, 9.17) is 27.9 Å². The summed E-state index contributed by atoms with van der Waals surface area (Å²) in [4.78, 5) is 24.2. The lowest BCUT2D eigenvalue weighted by molar-refractivity contribution is -0.118. The minimum atomic E-state index is -0.371. The lowest BCUT2D eigenvalue weighted by atomic mass is 10.0. The van der Waals surface area contributed by atoms with Crippen LogP contribution in [-0.2, 0) is 4.79 Å². The van der Waals surface area contributed by atoms with E-state index in [9.17, 15) is 9.59 Å². The maximum atomic E-state index is 12.4. The number of Topliss-reactive ketones (excluding diaryl/α,β-unsaturated/α-hetero) is 1. The van der Waals surface area contributed by atoms with Crippen molar-refractivity contribution in [2.75, 3.05) is 11.9 Å². The van der Waals surface area contributed by atoms with Crippen LogP contribution in [0.3, 0.4) is 0 Å². The maximum absolute atomic E-state index is 12.4. The first kappa shape index (κ1) is 19.9. The monoisotopic (exact) mass is 413 g/mol. The Balaban J connectivity index is 1.76. The van der Waals surface area contributed by atoms with Crippen LogP contribution in [0.4, 0.5) is 5.69 Å². The van der Waals surface area contributed by atoms with Crippen LogP contribution < -0.4 is 10.1 Å². The lowest BCUT2D eigenvalue weighted by Gasteiger charge is -2.14. The van der Waals surface area contributed by atoms with Gasteiger partial charge in [0, 0.05) is 16.3 Å². The fraction of sp³-hybridized carbons (Fsp3) is 0.0909. The van der Waals surface area contributed by atoms with Crippen molar-refractivity contribution >= 4 is 40.6 Å². The van der Waals surface area contributed by atoms with Crippen molar-refractivity contribution in [2.45, 2.75) is 6.92 Å². The second-order valence-corrected chi connectivity index (χ2v) is 6.91. The molecule has 4 nitrogen and oxygen atoms in total. The molecule has 0 heterocycles. The van der Waals surface area contributed by atoms with Gasteiger partial charge in [0.25, 0.3) is 5.91 Å². The van der Waals surface area contributed by atoms with Gasteiger partial charge in [-0.05, 0) is 30.7 Å². The third-order valence-corrected chi connectivity index (χ3v) is 4.52. The normalized spacial score (nSPS) is 10.4. The number of halogens is 2. The second-order valence-electron chi connectivity index (χ2n) is 6.07. The first-order valence-electron chi connectivity index (χ1n) is 8.53. The van der Waals surface area contributed by atoms with E-state index in [0.29, 0.717) is 10.7 Å². The highest BCUT2D eigenvalue weighted by Crippen LogP contribution is 2.33. The largest absolute Gasteiger partial charge is 0.481 e. The van der Waals surface area contributed by atoms with Gasteiger partial charge in [0.2, 0.25) is 0 Å². The molecule has 1 amide bonds. The zero-order valence-corrected chi connectivity index (χ0v) is 16.6. The van der Waals surface area contributed by atoms with Crippen LogP contribution in [0.1, 0.15) is 17.3 Å². The third kappa shape index (κ3) is 4.71. The quantitative estimate of drug-likeness (QED) is 0.513. The number of anilines is 1. The van der Waals surface area contributed by atoms with E-state index in [2.05, 4.69) is 5.32 Å². The molecule has 0 unspecified atom stereocenters. The fourth-order valence-corrected chi connectivity index (χ4v) is 3.30. The lowest BCUT2D eigenvalue weighted by Crippen LogP contribution is -2.21. The molecule has 0 aliphatic rings. The summed E-state index contributed by atoms with van der Waals surface area (Å²) < 4.78 is 5.54. The highest BCUT2D eigenvalue weighted by molar-refractivity contribution is 6.36. The zero-order chi connectivity index (χ0) is 20.1. The van der Waals surface area contributed by atoms with Gasteiger partial charge < -0.3 is 10.1 Å². The van der Waals surface area contributed by atoms with E-state index in [-0.39, 0.29) is 34.6 Å². The number of nitrogens with one attached hydrogen (secondary N) is 1. The van der Waals surface area contributed by atoms with Crippen molar-refractivity contribution in [1.82, 2.24) is 0 Å². The summed E-state index contributed by atoms with van der Waals surface area (Å²) in [6.45, 7) is 1.08. The molecule has 6 heteroatoms. The second kappa shape index (κ2) is 8.91. The molecule has 3 rings (SSSR count). The molecular weight excluding hydrogens is 397 g/mol. The number of carbonyl (C=O) groups is 2. The number of carbonyl (C=O) groups excluding carboxylic acids is 2. The highest BCUT2D eigenvalue weighted by Gasteiger charge is 2.16. The van der Waals surface area contributed by atoms with Gasteiger partial charge in [-0.3, -0.25) is 9.59 Å². The van der Waals surface area contributed by atoms with Crippen LogP contribution >= 0.6 is 23.2 Å². The molecule has 0 bridgehead atoms. The summed E-state index contributed by atoms with van der Waals surface area (Å²) in [5, 5.41) is 3.34. The molecule has 1 N–H and O–H groups in total. The van der Waals surface area contributed by atoms with Crippen molar-refractivity contribution in [3.63, 3.8) is 0 Å². The Labute approximate surface area is 173 Å². The summed E-state index contributed by atoms with van der Waals surface area (Å²) in [6, 6.07) is 20.1. The molecule has 28 heavy (non-hydrogen) atoms. The van der Waals surface area contributed by atoms with Gasteiger partial charge in [-0.25, -0.2) is 0 Å². The van der Waals surface area contributed by atoms with Gasteiger partial charge in [0.1, 0.15) is 5.75 Å². The van der Waals surface area contributed by atoms with Crippen molar-refractivity contribution in [3.05, 3.63) is 82.3 Å². The average Bonchev–Trinajstić information content (AvgIpc) is 2.67. The molecule has 0 atom stereocenters. The van der Waals surface area contributed by atoms with Gasteiger partial charge in [-0.1, -0.05) is 71.7 Å². The minimum Gasteiger partial charge on any atom is -0.481 e. The molecule has 142 valence electrons. The van der Waals surface area contributed by atoms with Crippen molar-refractivity contribution < 1.29 is 14.3 Å². The Morgan fingerprint density at radius 1 is 0.964 bits per heavy atom. The Morgan fingerprint density at radius 2 is 1.64 bits per heavy atom. The van der Waals surface area contributed by atoms with Gasteiger partial charge in [0.05, 0.1) is 10.6 Å². The number of para-hydroxylation sites is 1. The van der Waals surface area contributed by atoms with Crippen LogP contribution in [0, 0.1) is 0 Å². The number of ketones is 1. The summed E-state index contributed by atoms with van der Waals surface area (Å²) in [7, 11) is 0. The number of benzene rings is 3. The number of ether oxygens (including phenoxy) is 1. The topological polar surface area (TPSA) is 55.4 Å². The highest BCUT2D eigenvalue weighted by atomic mass is 35.5. The van der Waals surface area contributed by atoms with E-state index in [1.54, 1.807) is 0 Å². The first-order chi connectivity index (χ1) is 13.5. The maximum Gasteiger partial charge on any atom is 0.262 e. The average molecular weight is 414 g/mol. The van der Waals surface area contributed by atoms with E-state index in [0.717, 1.165) is 11.1 Å². The van der Waals surface area contributed by atoms with E-state index < -0.39 is 0 Å². The fourth-order valence-electron chi connectivity index (χ4n) is 2.75. The summed E-state index contributed by atoms with van der Waals surface area (Å²) in [5.41, 5.74) is 2.77. The van der Waals surface area contributed by atoms with Crippen molar-refractivity contribution in [3.8, 4) is 16.9 Å². The molecule has 0 aliphatic heterocycles. The number of rotatable bonds is 6. The zero-order valence-electron chi connectivity index (χ0n) is 15.0. The molecule has 3 aromatic carbocycles. The first-order valence-corrected chi connectivity index (χ1v) is 9.28. The van der Waals surface area contributed by atoms with Crippen LogP contribution in [0.2, 0.25) is 10.0 Å². The van der Waals surface area contributed by atoms with Gasteiger partial charge >= 0.3 is 0 Å². The summed E-state index contributed by atoms with van der Waals surface area (Å²) in [6.07, 6.45) is 0. The number of amides is 1. The molecular formula is C22H17Cl2NO3. The Morgan fingerprint density at radius 3 is 2.36 bits per heavy atom. The van der Waals surface area contributed by atoms with Crippen LogP contribution in [0.25, 0.3) is 11.1 Å². The number of hydrogen-bond donors (Lipinski definition) is 1. The van der Waals surface area contributed by atoms with E-state index >= 15 is 0 Å². The molecule has 0 spiro atoms. The van der Waals surface area contributed by atoms with Gasteiger partial charge in [-0.15, -0.1) is 0 Å².